The summed E-state index contributed by atoms with van der Waals surface area (Å²) in [7, 11) is 2.72. The average Bonchev–Trinajstić information content (AvgIpc) is 2.53. The lowest BCUT2D eigenvalue weighted by atomic mass is 9.97. The first-order valence-electron chi connectivity index (χ1n) is 6.55. The van der Waals surface area contributed by atoms with Gasteiger partial charge in [0, 0.05) is 3.57 Å². The van der Waals surface area contributed by atoms with Crippen molar-refractivity contribution in [1.29, 1.82) is 0 Å². The van der Waals surface area contributed by atoms with E-state index in [1.54, 1.807) is 24.3 Å². The molecule has 0 N–H and O–H groups in total. The number of aryl methyl sites for hydroxylation is 1. The Bertz CT molecular complexity index is 674. The standard InChI is InChI=1S/C17H15IO4/c1-10-8-11(16(19)21-2)4-6-13(10)14-7-5-12(9-15(14)18)17(20)22-3/h4-9H,1-3H3. The normalized spacial score (nSPS) is 10.2. The van der Waals surface area contributed by atoms with E-state index in [2.05, 4.69) is 22.6 Å². The van der Waals surface area contributed by atoms with Gasteiger partial charge in [-0.1, -0.05) is 12.1 Å². The molecule has 4 nitrogen and oxygen atoms in total. The van der Waals surface area contributed by atoms with Crippen molar-refractivity contribution in [3.05, 3.63) is 56.7 Å². The minimum atomic E-state index is -0.359. The van der Waals surface area contributed by atoms with Crippen molar-refractivity contribution in [3.8, 4) is 11.1 Å². The number of halogens is 1. The smallest absolute Gasteiger partial charge is 0.337 e. The molecule has 0 heterocycles. The quantitative estimate of drug-likeness (QED) is 0.570. The van der Waals surface area contributed by atoms with Crippen LogP contribution < -0.4 is 0 Å². The van der Waals surface area contributed by atoms with Crippen LogP contribution in [0.25, 0.3) is 11.1 Å². The van der Waals surface area contributed by atoms with Crippen molar-refractivity contribution in [1.82, 2.24) is 0 Å². The molecular weight excluding hydrogens is 395 g/mol. The van der Waals surface area contributed by atoms with Crippen LogP contribution in [0.1, 0.15) is 26.3 Å². The maximum atomic E-state index is 11.6. The second-order valence-electron chi connectivity index (χ2n) is 4.71. The van der Waals surface area contributed by atoms with E-state index in [0.717, 1.165) is 20.3 Å². The van der Waals surface area contributed by atoms with Gasteiger partial charge in [0.25, 0.3) is 0 Å². The van der Waals surface area contributed by atoms with Crippen molar-refractivity contribution in [2.45, 2.75) is 6.92 Å². The molecule has 0 amide bonds. The van der Waals surface area contributed by atoms with E-state index < -0.39 is 0 Å². The molecule has 0 radical (unpaired) electrons. The van der Waals surface area contributed by atoms with Crippen LogP contribution >= 0.6 is 22.6 Å². The summed E-state index contributed by atoms with van der Waals surface area (Å²) in [6.45, 7) is 1.94. The zero-order valence-corrected chi connectivity index (χ0v) is 14.6. The number of hydrogen-bond acceptors (Lipinski definition) is 4. The lowest BCUT2D eigenvalue weighted by Crippen LogP contribution is -2.03. The fourth-order valence-electron chi connectivity index (χ4n) is 2.19. The third kappa shape index (κ3) is 3.30. The zero-order valence-electron chi connectivity index (χ0n) is 12.5. The van der Waals surface area contributed by atoms with Crippen LogP contribution in [0, 0.1) is 10.5 Å². The molecule has 0 atom stereocenters. The molecule has 22 heavy (non-hydrogen) atoms. The van der Waals surface area contributed by atoms with Crippen LogP contribution in [-0.2, 0) is 9.47 Å². The zero-order chi connectivity index (χ0) is 16.3. The van der Waals surface area contributed by atoms with Gasteiger partial charge < -0.3 is 9.47 Å². The van der Waals surface area contributed by atoms with Gasteiger partial charge in [0.2, 0.25) is 0 Å². The highest BCUT2D eigenvalue weighted by Gasteiger charge is 2.13. The number of carbonyl (C=O) groups is 2. The first-order chi connectivity index (χ1) is 10.5. The van der Waals surface area contributed by atoms with E-state index >= 15 is 0 Å². The minimum Gasteiger partial charge on any atom is -0.465 e. The van der Waals surface area contributed by atoms with Crippen molar-refractivity contribution < 1.29 is 19.1 Å². The van der Waals surface area contributed by atoms with Gasteiger partial charge in [0.05, 0.1) is 25.3 Å². The molecule has 0 aromatic heterocycles. The molecule has 0 unspecified atom stereocenters. The summed E-state index contributed by atoms with van der Waals surface area (Å²) in [4.78, 5) is 23.1. The maximum absolute atomic E-state index is 11.6. The monoisotopic (exact) mass is 410 g/mol. The van der Waals surface area contributed by atoms with E-state index in [-0.39, 0.29) is 11.9 Å². The number of ether oxygens (including phenoxy) is 2. The van der Waals surface area contributed by atoms with Crippen LogP contribution in [0.4, 0.5) is 0 Å². The third-order valence-corrected chi connectivity index (χ3v) is 4.22. The summed E-state index contributed by atoms with van der Waals surface area (Å²) in [5.41, 5.74) is 4.01. The molecule has 0 aliphatic carbocycles. The van der Waals surface area contributed by atoms with Crippen LogP contribution in [0.15, 0.2) is 36.4 Å². The summed E-state index contributed by atoms with van der Waals surface area (Å²) < 4.78 is 10.4. The van der Waals surface area contributed by atoms with Gasteiger partial charge in [-0.2, -0.15) is 0 Å². The molecule has 2 rings (SSSR count). The topological polar surface area (TPSA) is 52.6 Å². The molecule has 0 aliphatic rings. The van der Waals surface area contributed by atoms with Gasteiger partial charge in [-0.25, -0.2) is 9.59 Å². The Morgan fingerprint density at radius 3 is 1.82 bits per heavy atom. The molecule has 0 bridgehead atoms. The first kappa shape index (κ1) is 16.5. The fourth-order valence-corrected chi connectivity index (χ4v) is 2.99. The molecule has 114 valence electrons. The molecule has 0 aliphatic heterocycles. The van der Waals surface area contributed by atoms with Crippen LogP contribution in [0.3, 0.4) is 0 Å². The highest BCUT2D eigenvalue weighted by Crippen LogP contribution is 2.29. The molecule has 5 heteroatoms. The Morgan fingerprint density at radius 1 is 0.864 bits per heavy atom. The van der Waals surface area contributed by atoms with Gasteiger partial charge in [0.15, 0.2) is 0 Å². The Morgan fingerprint density at radius 2 is 1.36 bits per heavy atom. The van der Waals surface area contributed by atoms with Gasteiger partial charge in [-0.15, -0.1) is 0 Å². The molecule has 0 saturated heterocycles. The highest BCUT2D eigenvalue weighted by atomic mass is 127. The number of rotatable bonds is 3. The number of carbonyl (C=O) groups excluding carboxylic acids is 2. The highest BCUT2D eigenvalue weighted by molar-refractivity contribution is 14.1. The van der Waals surface area contributed by atoms with E-state index in [1.807, 2.05) is 19.1 Å². The Hall–Kier alpha value is -1.89. The summed E-state index contributed by atoms with van der Waals surface area (Å²) in [5, 5.41) is 0. The number of hydrogen-bond donors (Lipinski definition) is 0. The minimum absolute atomic E-state index is 0.356. The lowest BCUT2D eigenvalue weighted by molar-refractivity contribution is 0.0591. The largest absolute Gasteiger partial charge is 0.465 e. The Labute approximate surface area is 142 Å². The Balaban J connectivity index is 2.44. The van der Waals surface area contributed by atoms with Crippen LogP contribution in [-0.4, -0.2) is 26.2 Å². The predicted molar refractivity (Wildman–Crippen MR) is 92.0 cm³/mol. The van der Waals surface area contributed by atoms with Crippen molar-refractivity contribution in [2.75, 3.05) is 14.2 Å². The van der Waals surface area contributed by atoms with Crippen molar-refractivity contribution >= 4 is 34.5 Å². The predicted octanol–water partition coefficient (Wildman–Crippen LogP) is 3.84. The summed E-state index contributed by atoms with van der Waals surface area (Å²) in [6.07, 6.45) is 0. The van der Waals surface area contributed by atoms with E-state index in [0.29, 0.717) is 11.1 Å². The van der Waals surface area contributed by atoms with Gasteiger partial charge in [0.1, 0.15) is 0 Å². The molecular formula is C17H15IO4. The van der Waals surface area contributed by atoms with Gasteiger partial charge in [-0.05, 0) is 70.5 Å². The number of benzene rings is 2. The van der Waals surface area contributed by atoms with Crippen molar-refractivity contribution in [2.24, 2.45) is 0 Å². The third-order valence-electron chi connectivity index (χ3n) is 3.33. The number of methoxy groups -OCH3 is 2. The summed E-state index contributed by atoms with van der Waals surface area (Å²) in [6, 6.07) is 10.8. The second kappa shape index (κ2) is 6.91. The second-order valence-corrected chi connectivity index (χ2v) is 5.87. The molecule has 0 saturated carbocycles. The van der Waals surface area contributed by atoms with Gasteiger partial charge >= 0.3 is 11.9 Å². The van der Waals surface area contributed by atoms with E-state index in [1.165, 1.54) is 14.2 Å². The fraction of sp³-hybridized carbons (Fsp3) is 0.176. The number of esters is 2. The summed E-state index contributed by atoms with van der Waals surface area (Å²) in [5.74, 6) is -0.715. The van der Waals surface area contributed by atoms with E-state index in [9.17, 15) is 9.59 Å². The van der Waals surface area contributed by atoms with Crippen LogP contribution in [0.2, 0.25) is 0 Å². The van der Waals surface area contributed by atoms with Crippen LogP contribution in [0.5, 0.6) is 0 Å². The Kier molecular flexibility index (Phi) is 5.18. The molecule has 0 spiro atoms. The lowest BCUT2D eigenvalue weighted by Gasteiger charge is -2.11. The SMILES string of the molecule is COC(=O)c1ccc(-c2ccc(C(=O)OC)cc2I)c(C)c1. The maximum Gasteiger partial charge on any atom is 0.337 e. The molecule has 2 aromatic rings. The first-order valence-corrected chi connectivity index (χ1v) is 7.63. The van der Waals surface area contributed by atoms with E-state index in [4.69, 9.17) is 9.47 Å². The summed E-state index contributed by atoms with van der Waals surface area (Å²) >= 11 is 2.19. The molecule has 0 fully saturated rings. The molecule has 2 aromatic carbocycles. The average molecular weight is 410 g/mol. The van der Waals surface area contributed by atoms with Crippen molar-refractivity contribution in [3.63, 3.8) is 0 Å². The van der Waals surface area contributed by atoms with Gasteiger partial charge in [-0.3, -0.25) is 0 Å².